The van der Waals surface area contributed by atoms with Crippen LogP contribution >= 0.6 is 0 Å². The Balaban J connectivity index is 1.54. The molecule has 1 saturated heterocycles. The standard InChI is InChI=1S/C20H25N3O/c1-15-7-3-4-9-19(15)17-11-16(2)23(13-17)14-20(24)22-12-18-8-5-6-10-21-18/h3-10,16-17H,11-14H2,1-2H3,(H,22,24)/t16-,17+/m0/s1. The molecule has 1 N–H and O–H groups in total. The summed E-state index contributed by atoms with van der Waals surface area (Å²) >= 11 is 0. The van der Waals surface area contributed by atoms with Gasteiger partial charge in [-0.15, -0.1) is 0 Å². The van der Waals surface area contributed by atoms with Crippen molar-refractivity contribution in [1.82, 2.24) is 15.2 Å². The molecule has 1 aromatic heterocycles. The van der Waals surface area contributed by atoms with Crippen LogP contribution in [-0.2, 0) is 11.3 Å². The molecule has 4 heteroatoms. The van der Waals surface area contributed by atoms with Gasteiger partial charge >= 0.3 is 0 Å². The van der Waals surface area contributed by atoms with Crippen LogP contribution in [0.1, 0.15) is 36.1 Å². The van der Waals surface area contributed by atoms with Gasteiger partial charge in [0.25, 0.3) is 0 Å². The Hall–Kier alpha value is -2.20. The van der Waals surface area contributed by atoms with Crippen molar-refractivity contribution in [3.63, 3.8) is 0 Å². The van der Waals surface area contributed by atoms with Gasteiger partial charge in [-0.05, 0) is 49.4 Å². The Kier molecular flexibility index (Phi) is 5.26. The van der Waals surface area contributed by atoms with Gasteiger partial charge in [0, 0.05) is 18.8 Å². The van der Waals surface area contributed by atoms with Gasteiger partial charge in [0.1, 0.15) is 0 Å². The van der Waals surface area contributed by atoms with Crippen LogP contribution in [-0.4, -0.2) is 34.9 Å². The minimum atomic E-state index is 0.0675. The van der Waals surface area contributed by atoms with Gasteiger partial charge in [-0.3, -0.25) is 14.7 Å². The Bertz CT molecular complexity index is 686. The average Bonchev–Trinajstić information content (AvgIpc) is 2.95. The van der Waals surface area contributed by atoms with Gasteiger partial charge in [0.2, 0.25) is 5.91 Å². The lowest BCUT2D eigenvalue weighted by molar-refractivity contribution is -0.122. The summed E-state index contributed by atoms with van der Waals surface area (Å²) in [5, 5.41) is 2.97. The van der Waals surface area contributed by atoms with Gasteiger partial charge in [0.15, 0.2) is 0 Å². The number of hydrogen-bond acceptors (Lipinski definition) is 3. The van der Waals surface area contributed by atoms with E-state index in [1.54, 1.807) is 6.20 Å². The van der Waals surface area contributed by atoms with Crippen molar-refractivity contribution in [3.8, 4) is 0 Å². The molecule has 1 amide bonds. The number of amides is 1. The zero-order valence-corrected chi connectivity index (χ0v) is 14.4. The van der Waals surface area contributed by atoms with Crippen molar-refractivity contribution in [2.24, 2.45) is 0 Å². The fraction of sp³-hybridized carbons (Fsp3) is 0.400. The van der Waals surface area contributed by atoms with E-state index in [9.17, 15) is 4.79 Å². The molecule has 2 heterocycles. The first-order chi connectivity index (χ1) is 11.6. The zero-order valence-electron chi connectivity index (χ0n) is 14.4. The van der Waals surface area contributed by atoms with Crippen LogP contribution in [0, 0.1) is 6.92 Å². The van der Waals surface area contributed by atoms with Gasteiger partial charge in [-0.25, -0.2) is 0 Å². The number of carbonyl (C=O) groups excluding carboxylic acids is 1. The van der Waals surface area contributed by atoms with E-state index >= 15 is 0 Å². The second kappa shape index (κ2) is 7.58. The number of aromatic nitrogens is 1. The third-order valence-electron chi connectivity index (χ3n) is 4.87. The van der Waals surface area contributed by atoms with Crippen molar-refractivity contribution >= 4 is 5.91 Å². The summed E-state index contributed by atoms with van der Waals surface area (Å²) in [5.74, 6) is 0.586. The number of benzene rings is 1. The number of hydrogen-bond donors (Lipinski definition) is 1. The first-order valence-corrected chi connectivity index (χ1v) is 8.59. The topological polar surface area (TPSA) is 45.2 Å². The van der Waals surface area contributed by atoms with E-state index in [0.29, 0.717) is 25.0 Å². The van der Waals surface area contributed by atoms with E-state index in [4.69, 9.17) is 0 Å². The minimum absolute atomic E-state index is 0.0675. The molecule has 1 aliphatic rings. The highest BCUT2D eigenvalue weighted by atomic mass is 16.2. The summed E-state index contributed by atoms with van der Waals surface area (Å²) in [6.45, 7) is 6.27. The van der Waals surface area contributed by atoms with Crippen LogP contribution in [0.5, 0.6) is 0 Å². The van der Waals surface area contributed by atoms with Crippen LogP contribution < -0.4 is 5.32 Å². The van der Waals surface area contributed by atoms with Gasteiger partial charge in [0.05, 0.1) is 18.8 Å². The Morgan fingerprint density at radius 2 is 2.04 bits per heavy atom. The molecule has 0 spiro atoms. The number of nitrogens with zero attached hydrogens (tertiary/aromatic N) is 2. The number of aryl methyl sites for hydroxylation is 1. The number of carbonyl (C=O) groups is 1. The van der Waals surface area contributed by atoms with Crippen molar-refractivity contribution in [1.29, 1.82) is 0 Å². The maximum absolute atomic E-state index is 12.2. The molecule has 4 nitrogen and oxygen atoms in total. The Morgan fingerprint density at radius 1 is 1.25 bits per heavy atom. The molecule has 0 radical (unpaired) electrons. The molecule has 1 fully saturated rings. The highest BCUT2D eigenvalue weighted by molar-refractivity contribution is 5.78. The van der Waals surface area contributed by atoms with Crippen molar-refractivity contribution in [3.05, 3.63) is 65.5 Å². The Morgan fingerprint density at radius 3 is 2.79 bits per heavy atom. The minimum Gasteiger partial charge on any atom is -0.349 e. The molecule has 126 valence electrons. The molecule has 24 heavy (non-hydrogen) atoms. The second-order valence-electron chi connectivity index (χ2n) is 6.67. The fourth-order valence-corrected chi connectivity index (χ4v) is 3.52. The predicted molar refractivity (Wildman–Crippen MR) is 95.7 cm³/mol. The maximum atomic E-state index is 12.2. The van der Waals surface area contributed by atoms with E-state index in [2.05, 4.69) is 53.3 Å². The monoisotopic (exact) mass is 323 g/mol. The molecular formula is C20H25N3O. The second-order valence-corrected chi connectivity index (χ2v) is 6.67. The van der Waals surface area contributed by atoms with E-state index in [-0.39, 0.29) is 5.91 Å². The number of rotatable bonds is 5. The van der Waals surface area contributed by atoms with E-state index in [0.717, 1.165) is 18.7 Å². The quantitative estimate of drug-likeness (QED) is 0.920. The molecule has 0 saturated carbocycles. The summed E-state index contributed by atoms with van der Waals surface area (Å²) < 4.78 is 0. The largest absolute Gasteiger partial charge is 0.349 e. The summed E-state index contributed by atoms with van der Waals surface area (Å²) in [7, 11) is 0. The van der Waals surface area contributed by atoms with Crippen LogP contribution in [0.4, 0.5) is 0 Å². The fourth-order valence-electron chi connectivity index (χ4n) is 3.52. The van der Waals surface area contributed by atoms with Gasteiger partial charge in [-0.1, -0.05) is 30.3 Å². The lowest BCUT2D eigenvalue weighted by atomic mass is 9.93. The summed E-state index contributed by atoms with van der Waals surface area (Å²) in [6, 6.07) is 14.7. The first kappa shape index (κ1) is 16.7. The molecule has 3 rings (SSSR count). The van der Waals surface area contributed by atoms with Crippen LogP contribution in [0.25, 0.3) is 0 Å². The van der Waals surface area contributed by atoms with E-state index in [1.807, 2.05) is 18.2 Å². The third-order valence-corrected chi connectivity index (χ3v) is 4.87. The van der Waals surface area contributed by atoms with Crippen molar-refractivity contribution < 1.29 is 4.79 Å². The van der Waals surface area contributed by atoms with E-state index < -0.39 is 0 Å². The summed E-state index contributed by atoms with van der Waals surface area (Å²) in [6.07, 6.45) is 2.86. The molecular weight excluding hydrogens is 298 g/mol. The molecule has 0 unspecified atom stereocenters. The molecule has 1 aromatic carbocycles. The third kappa shape index (κ3) is 4.01. The highest BCUT2D eigenvalue weighted by Gasteiger charge is 2.31. The molecule has 2 atom stereocenters. The molecule has 0 aliphatic carbocycles. The summed E-state index contributed by atoms with van der Waals surface area (Å²) in [4.78, 5) is 18.8. The number of likely N-dealkylation sites (tertiary alicyclic amines) is 1. The maximum Gasteiger partial charge on any atom is 0.234 e. The summed E-state index contributed by atoms with van der Waals surface area (Å²) in [5.41, 5.74) is 3.65. The molecule has 1 aliphatic heterocycles. The average molecular weight is 323 g/mol. The number of nitrogens with one attached hydrogen (secondary N) is 1. The SMILES string of the molecule is Cc1ccccc1[C@@H]1C[C@H](C)N(CC(=O)NCc2ccccn2)C1. The first-order valence-electron chi connectivity index (χ1n) is 8.59. The zero-order chi connectivity index (χ0) is 16.9. The normalized spacial score (nSPS) is 20.9. The van der Waals surface area contributed by atoms with Crippen LogP contribution in [0.2, 0.25) is 0 Å². The lowest BCUT2D eigenvalue weighted by Crippen LogP contribution is -2.38. The van der Waals surface area contributed by atoms with Crippen LogP contribution in [0.3, 0.4) is 0 Å². The number of pyridine rings is 1. The lowest BCUT2D eigenvalue weighted by Gasteiger charge is -2.20. The van der Waals surface area contributed by atoms with Crippen molar-refractivity contribution in [2.75, 3.05) is 13.1 Å². The van der Waals surface area contributed by atoms with Crippen LogP contribution in [0.15, 0.2) is 48.7 Å². The van der Waals surface area contributed by atoms with E-state index in [1.165, 1.54) is 11.1 Å². The van der Waals surface area contributed by atoms with Gasteiger partial charge < -0.3 is 5.32 Å². The van der Waals surface area contributed by atoms with Gasteiger partial charge in [-0.2, -0.15) is 0 Å². The van der Waals surface area contributed by atoms with Crippen molar-refractivity contribution in [2.45, 2.75) is 38.8 Å². The predicted octanol–water partition coefficient (Wildman–Crippen LogP) is 2.88. The smallest absolute Gasteiger partial charge is 0.234 e. The Labute approximate surface area is 143 Å². The molecule has 0 bridgehead atoms. The highest BCUT2D eigenvalue weighted by Crippen LogP contribution is 2.32. The molecule has 2 aromatic rings.